The van der Waals surface area contributed by atoms with Crippen LogP contribution < -0.4 is 10.1 Å². The molecule has 0 aliphatic carbocycles. The smallest absolute Gasteiger partial charge is 0.161 e. The van der Waals surface area contributed by atoms with E-state index in [0.29, 0.717) is 0 Å². The van der Waals surface area contributed by atoms with E-state index in [-0.39, 0.29) is 6.04 Å². The molecule has 0 fully saturated rings. The maximum atomic E-state index is 5.48. The van der Waals surface area contributed by atoms with Gasteiger partial charge in [0.25, 0.3) is 0 Å². The van der Waals surface area contributed by atoms with Gasteiger partial charge in [0.05, 0.1) is 25.0 Å². The highest BCUT2D eigenvalue weighted by Crippen LogP contribution is 2.28. The molecule has 1 unspecified atom stereocenters. The van der Waals surface area contributed by atoms with Crippen molar-refractivity contribution < 1.29 is 4.74 Å². The summed E-state index contributed by atoms with van der Waals surface area (Å²) in [5.41, 5.74) is 5.09. The molecule has 0 aliphatic rings. The van der Waals surface area contributed by atoms with Crippen molar-refractivity contribution in [1.82, 2.24) is 15.1 Å². The number of hydrogen-bond donors (Lipinski definition) is 1. The van der Waals surface area contributed by atoms with Gasteiger partial charge in [-0.3, -0.25) is 4.68 Å². The number of aryl methyl sites for hydroxylation is 3. The molecule has 0 aliphatic heterocycles. The van der Waals surface area contributed by atoms with Crippen molar-refractivity contribution in [2.24, 2.45) is 0 Å². The van der Waals surface area contributed by atoms with Crippen LogP contribution in [0.1, 0.15) is 35.3 Å². The van der Waals surface area contributed by atoms with Gasteiger partial charge < -0.3 is 10.1 Å². The van der Waals surface area contributed by atoms with Gasteiger partial charge in [0.2, 0.25) is 0 Å². The van der Waals surface area contributed by atoms with Crippen LogP contribution >= 0.6 is 0 Å². The third kappa shape index (κ3) is 3.27. The molecule has 1 N–H and O–H groups in total. The van der Waals surface area contributed by atoms with E-state index in [9.17, 15) is 0 Å². The highest BCUT2D eigenvalue weighted by molar-refractivity contribution is 5.34. The van der Waals surface area contributed by atoms with E-state index in [1.165, 1.54) is 16.7 Å². The summed E-state index contributed by atoms with van der Waals surface area (Å²) in [6.07, 6.45) is 2.72. The molecule has 1 aromatic carbocycles. The van der Waals surface area contributed by atoms with Gasteiger partial charge in [-0.05, 0) is 45.4 Å². The van der Waals surface area contributed by atoms with Crippen LogP contribution in [-0.2, 0) is 13.0 Å². The molecule has 114 valence electrons. The van der Waals surface area contributed by atoms with E-state index >= 15 is 0 Å². The van der Waals surface area contributed by atoms with Crippen molar-refractivity contribution in [1.29, 1.82) is 0 Å². The largest absolute Gasteiger partial charge is 0.493 e. The minimum Gasteiger partial charge on any atom is -0.493 e. The van der Waals surface area contributed by atoms with E-state index in [1.807, 2.05) is 11.7 Å². The Hall–Kier alpha value is -1.81. The standard InChI is InChI=1S/C17H25N3O/c1-6-20-17(16(21-5)11-19-20)15(18-4)10-14-9-12(2)7-8-13(14)3/h7-9,11,15,18H,6,10H2,1-5H3. The Morgan fingerprint density at radius 2 is 2.10 bits per heavy atom. The quantitative estimate of drug-likeness (QED) is 0.887. The topological polar surface area (TPSA) is 39.1 Å². The number of methoxy groups -OCH3 is 1. The fourth-order valence-electron chi connectivity index (χ4n) is 2.71. The van der Waals surface area contributed by atoms with Gasteiger partial charge in [-0.25, -0.2) is 0 Å². The zero-order valence-corrected chi connectivity index (χ0v) is 13.6. The zero-order valence-electron chi connectivity index (χ0n) is 13.6. The lowest BCUT2D eigenvalue weighted by Crippen LogP contribution is -2.23. The normalized spacial score (nSPS) is 12.4. The van der Waals surface area contributed by atoms with Gasteiger partial charge in [0, 0.05) is 6.54 Å². The van der Waals surface area contributed by atoms with Crippen LogP contribution in [0.4, 0.5) is 0 Å². The molecule has 2 rings (SSSR count). The molecule has 0 spiro atoms. The van der Waals surface area contributed by atoms with Crippen LogP contribution in [0.15, 0.2) is 24.4 Å². The maximum Gasteiger partial charge on any atom is 0.161 e. The van der Waals surface area contributed by atoms with Crippen molar-refractivity contribution in [3.63, 3.8) is 0 Å². The number of hydrogen-bond acceptors (Lipinski definition) is 3. The highest BCUT2D eigenvalue weighted by Gasteiger charge is 2.21. The summed E-state index contributed by atoms with van der Waals surface area (Å²) in [4.78, 5) is 0. The molecule has 1 atom stereocenters. The molecule has 0 saturated heterocycles. The van der Waals surface area contributed by atoms with Gasteiger partial charge in [-0.2, -0.15) is 5.10 Å². The van der Waals surface area contributed by atoms with Crippen LogP contribution in [0.2, 0.25) is 0 Å². The molecule has 4 heteroatoms. The molecule has 0 bridgehead atoms. The zero-order chi connectivity index (χ0) is 15.4. The fourth-order valence-corrected chi connectivity index (χ4v) is 2.71. The lowest BCUT2D eigenvalue weighted by Gasteiger charge is -2.20. The van der Waals surface area contributed by atoms with Crippen molar-refractivity contribution in [2.75, 3.05) is 14.2 Å². The Morgan fingerprint density at radius 3 is 2.71 bits per heavy atom. The van der Waals surface area contributed by atoms with Gasteiger partial charge in [-0.1, -0.05) is 23.8 Å². The summed E-state index contributed by atoms with van der Waals surface area (Å²) >= 11 is 0. The first-order valence-electron chi connectivity index (χ1n) is 7.43. The van der Waals surface area contributed by atoms with E-state index in [2.05, 4.69) is 49.4 Å². The SMILES string of the molecule is CCn1ncc(OC)c1C(Cc1cc(C)ccc1C)NC. The molecule has 0 radical (unpaired) electrons. The summed E-state index contributed by atoms with van der Waals surface area (Å²) in [5, 5.41) is 7.82. The third-order valence-corrected chi connectivity index (χ3v) is 3.97. The number of likely N-dealkylation sites (N-methyl/N-ethyl adjacent to an activating group) is 1. The van der Waals surface area contributed by atoms with E-state index < -0.39 is 0 Å². The Morgan fingerprint density at radius 1 is 1.33 bits per heavy atom. The Labute approximate surface area is 127 Å². The molecule has 1 heterocycles. The molecule has 0 amide bonds. The molecule has 4 nitrogen and oxygen atoms in total. The minimum atomic E-state index is 0.183. The summed E-state index contributed by atoms with van der Waals surface area (Å²) in [6, 6.07) is 6.79. The minimum absolute atomic E-state index is 0.183. The lowest BCUT2D eigenvalue weighted by atomic mass is 9.97. The first-order chi connectivity index (χ1) is 10.1. The number of benzene rings is 1. The van der Waals surface area contributed by atoms with E-state index in [4.69, 9.17) is 4.74 Å². The van der Waals surface area contributed by atoms with Crippen molar-refractivity contribution in [3.05, 3.63) is 46.8 Å². The monoisotopic (exact) mass is 287 g/mol. The van der Waals surface area contributed by atoms with Gasteiger partial charge >= 0.3 is 0 Å². The highest BCUT2D eigenvalue weighted by atomic mass is 16.5. The van der Waals surface area contributed by atoms with Gasteiger partial charge in [-0.15, -0.1) is 0 Å². The molecule has 1 aromatic heterocycles. The predicted octanol–water partition coefficient (Wildman–Crippen LogP) is 3.03. The Kier molecular flexibility index (Phi) is 5.02. The second-order valence-corrected chi connectivity index (χ2v) is 5.39. The second kappa shape index (κ2) is 6.76. The second-order valence-electron chi connectivity index (χ2n) is 5.39. The van der Waals surface area contributed by atoms with E-state index in [0.717, 1.165) is 24.4 Å². The molecule has 0 saturated carbocycles. The predicted molar refractivity (Wildman–Crippen MR) is 85.9 cm³/mol. The number of nitrogens with zero attached hydrogens (tertiary/aromatic N) is 2. The van der Waals surface area contributed by atoms with Crippen molar-refractivity contribution in [3.8, 4) is 5.75 Å². The van der Waals surface area contributed by atoms with Crippen LogP contribution in [-0.4, -0.2) is 23.9 Å². The first-order valence-corrected chi connectivity index (χ1v) is 7.43. The number of nitrogens with one attached hydrogen (secondary N) is 1. The summed E-state index contributed by atoms with van der Waals surface area (Å²) in [7, 11) is 3.69. The number of aromatic nitrogens is 2. The molecule has 2 aromatic rings. The van der Waals surface area contributed by atoms with Gasteiger partial charge in [0.1, 0.15) is 0 Å². The summed E-state index contributed by atoms with van der Waals surface area (Å²) in [5.74, 6) is 0.849. The fraction of sp³-hybridized carbons (Fsp3) is 0.471. The lowest BCUT2D eigenvalue weighted by molar-refractivity contribution is 0.394. The average Bonchev–Trinajstić information content (AvgIpc) is 2.91. The maximum absolute atomic E-state index is 5.48. The Balaban J connectivity index is 2.36. The number of rotatable bonds is 6. The van der Waals surface area contributed by atoms with Crippen LogP contribution in [0.25, 0.3) is 0 Å². The third-order valence-electron chi connectivity index (χ3n) is 3.97. The van der Waals surface area contributed by atoms with Crippen molar-refractivity contribution in [2.45, 2.75) is 39.8 Å². The summed E-state index contributed by atoms with van der Waals surface area (Å²) in [6.45, 7) is 7.23. The van der Waals surface area contributed by atoms with Crippen LogP contribution in [0.3, 0.4) is 0 Å². The number of ether oxygens (including phenoxy) is 1. The Bertz CT molecular complexity index is 583. The molecular formula is C17H25N3O. The first kappa shape index (κ1) is 15.6. The van der Waals surface area contributed by atoms with E-state index in [1.54, 1.807) is 13.3 Å². The molecular weight excluding hydrogens is 262 g/mol. The average molecular weight is 287 g/mol. The van der Waals surface area contributed by atoms with Crippen LogP contribution in [0, 0.1) is 13.8 Å². The van der Waals surface area contributed by atoms with Crippen LogP contribution in [0.5, 0.6) is 5.75 Å². The van der Waals surface area contributed by atoms with Crippen molar-refractivity contribution >= 4 is 0 Å². The summed E-state index contributed by atoms with van der Waals surface area (Å²) < 4.78 is 7.48. The molecule has 21 heavy (non-hydrogen) atoms. The van der Waals surface area contributed by atoms with Gasteiger partial charge in [0.15, 0.2) is 5.75 Å².